The first-order valence-electron chi connectivity index (χ1n) is 6.51. The third-order valence-corrected chi connectivity index (χ3v) is 3.79. The zero-order valence-electron chi connectivity index (χ0n) is 11.2. The standard InChI is InChI=1S/C14H17ClN2O3/c1-9(10-2-4-12(15)5-3-10)16-14(20)17-7-6-11(8-17)13(18)19/h2-5,9,11H,6-8H2,1H3,(H,16,20)(H,18,19)/t9-,11?/m1/s1. The van der Waals surface area contributed by atoms with E-state index in [0.29, 0.717) is 18.0 Å². The third-order valence-electron chi connectivity index (χ3n) is 3.53. The molecule has 20 heavy (non-hydrogen) atoms. The first-order valence-corrected chi connectivity index (χ1v) is 6.89. The summed E-state index contributed by atoms with van der Waals surface area (Å²) in [5.41, 5.74) is 0.955. The number of aliphatic carboxylic acids is 1. The molecule has 1 fully saturated rings. The topological polar surface area (TPSA) is 69.6 Å². The zero-order chi connectivity index (χ0) is 14.7. The van der Waals surface area contributed by atoms with Crippen LogP contribution in [0.2, 0.25) is 5.02 Å². The molecule has 0 spiro atoms. The Labute approximate surface area is 122 Å². The first kappa shape index (κ1) is 14.7. The summed E-state index contributed by atoms with van der Waals surface area (Å²) < 4.78 is 0. The van der Waals surface area contributed by atoms with Gasteiger partial charge in [-0.2, -0.15) is 0 Å². The number of hydrogen-bond acceptors (Lipinski definition) is 2. The highest BCUT2D eigenvalue weighted by Gasteiger charge is 2.31. The lowest BCUT2D eigenvalue weighted by Gasteiger charge is -2.21. The minimum atomic E-state index is -0.842. The van der Waals surface area contributed by atoms with Crippen molar-refractivity contribution in [2.45, 2.75) is 19.4 Å². The quantitative estimate of drug-likeness (QED) is 0.900. The number of rotatable bonds is 3. The number of halogens is 1. The average molecular weight is 297 g/mol. The van der Waals surface area contributed by atoms with Crippen molar-refractivity contribution in [3.05, 3.63) is 34.9 Å². The maximum atomic E-state index is 12.1. The molecule has 1 unspecified atom stereocenters. The van der Waals surface area contributed by atoms with Crippen LogP contribution in [0, 0.1) is 5.92 Å². The Bertz CT molecular complexity index is 504. The minimum Gasteiger partial charge on any atom is -0.481 e. The molecule has 2 atom stereocenters. The predicted molar refractivity (Wildman–Crippen MR) is 75.7 cm³/mol. The molecule has 5 nitrogen and oxygen atoms in total. The van der Waals surface area contributed by atoms with Gasteiger partial charge in [-0.3, -0.25) is 4.79 Å². The second-order valence-corrected chi connectivity index (χ2v) is 5.43. The molecule has 6 heteroatoms. The minimum absolute atomic E-state index is 0.149. The Morgan fingerprint density at radius 1 is 1.40 bits per heavy atom. The number of likely N-dealkylation sites (tertiary alicyclic amines) is 1. The van der Waals surface area contributed by atoms with Crippen molar-refractivity contribution in [2.75, 3.05) is 13.1 Å². The molecule has 1 saturated heterocycles. The number of carboxylic acid groups (broad SMARTS) is 1. The van der Waals surface area contributed by atoms with Crippen LogP contribution in [0.15, 0.2) is 24.3 Å². The maximum absolute atomic E-state index is 12.1. The van der Waals surface area contributed by atoms with Gasteiger partial charge in [0, 0.05) is 18.1 Å². The van der Waals surface area contributed by atoms with E-state index in [-0.39, 0.29) is 18.6 Å². The number of nitrogens with zero attached hydrogens (tertiary/aromatic N) is 1. The predicted octanol–water partition coefficient (Wildman–Crippen LogP) is 2.52. The average Bonchev–Trinajstić information content (AvgIpc) is 2.89. The molecule has 0 radical (unpaired) electrons. The van der Waals surface area contributed by atoms with Crippen LogP contribution in [-0.2, 0) is 4.79 Å². The Morgan fingerprint density at radius 2 is 2.05 bits per heavy atom. The molecule has 0 bridgehead atoms. The molecule has 0 aromatic heterocycles. The maximum Gasteiger partial charge on any atom is 0.317 e. The fraction of sp³-hybridized carbons (Fsp3) is 0.429. The lowest BCUT2D eigenvalue weighted by Crippen LogP contribution is -2.40. The summed E-state index contributed by atoms with van der Waals surface area (Å²) in [6.45, 7) is 2.64. The normalized spacial score (nSPS) is 19.7. The second-order valence-electron chi connectivity index (χ2n) is 4.99. The van der Waals surface area contributed by atoms with E-state index < -0.39 is 11.9 Å². The third kappa shape index (κ3) is 3.42. The molecule has 2 rings (SSSR count). The number of amides is 2. The van der Waals surface area contributed by atoms with Gasteiger partial charge in [-0.05, 0) is 31.0 Å². The van der Waals surface area contributed by atoms with Gasteiger partial charge in [-0.15, -0.1) is 0 Å². The highest BCUT2D eigenvalue weighted by atomic mass is 35.5. The molecule has 1 heterocycles. The molecule has 0 saturated carbocycles. The molecule has 1 aliphatic heterocycles. The molecule has 2 amide bonds. The van der Waals surface area contributed by atoms with Gasteiger partial charge >= 0.3 is 12.0 Å². The van der Waals surface area contributed by atoms with E-state index in [2.05, 4.69) is 5.32 Å². The Balaban J connectivity index is 1.91. The summed E-state index contributed by atoms with van der Waals surface area (Å²) >= 11 is 5.82. The van der Waals surface area contributed by atoms with Crippen LogP contribution in [0.1, 0.15) is 24.9 Å². The van der Waals surface area contributed by atoms with Crippen LogP contribution in [-0.4, -0.2) is 35.1 Å². The van der Waals surface area contributed by atoms with Crippen LogP contribution in [0.5, 0.6) is 0 Å². The molecule has 1 aromatic rings. The SMILES string of the molecule is C[C@@H](NC(=O)N1CCC(C(=O)O)C1)c1ccc(Cl)cc1. The van der Waals surface area contributed by atoms with Crippen molar-refractivity contribution in [2.24, 2.45) is 5.92 Å². The van der Waals surface area contributed by atoms with Crippen molar-refractivity contribution in [3.63, 3.8) is 0 Å². The monoisotopic (exact) mass is 296 g/mol. The largest absolute Gasteiger partial charge is 0.481 e. The van der Waals surface area contributed by atoms with Crippen molar-refractivity contribution in [1.82, 2.24) is 10.2 Å². The van der Waals surface area contributed by atoms with E-state index in [1.807, 2.05) is 19.1 Å². The highest BCUT2D eigenvalue weighted by molar-refractivity contribution is 6.30. The number of urea groups is 1. The number of carbonyl (C=O) groups excluding carboxylic acids is 1. The number of hydrogen-bond donors (Lipinski definition) is 2. The van der Waals surface area contributed by atoms with Gasteiger partial charge < -0.3 is 15.3 Å². The number of carbonyl (C=O) groups is 2. The summed E-state index contributed by atoms with van der Waals surface area (Å²) in [5, 5.41) is 12.4. The molecule has 2 N–H and O–H groups in total. The van der Waals surface area contributed by atoms with E-state index in [9.17, 15) is 9.59 Å². The zero-order valence-corrected chi connectivity index (χ0v) is 11.9. The summed E-state index contributed by atoms with van der Waals surface area (Å²) in [6.07, 6.45) is 0.512. The fourth-order valence-electron chi connectivity index (χ4n) is 2.26. The Hall–Kier alpha value is -1.75. The van der Waals surface area contributed by atoms with Gasteiger partial charge in [0.25, 0.3) is 0 Å². The fourth-order valence-corrected chi connectivity index (χ4v) is 2.38. The summed E-state index contributed by atoms with van der Waals surface area (Å²) in [7, 11) is 0. The van der Waals surface area contributed by atoms with Gasteiger partial charge in [-0.25, -0.2) is 4.79 Å². The van der Waals surface area contributed by atoms with Crippen LogP contribution < -0.4 is 5.32 Å². The number of nitrogens with one attached hydrogen (secondary N) is 1. The van der Waals surface area contributed by atoms with Gasteiger partial charge in [0.2, 0.25) is 0 Å². The molecular formula is C14H17ClN2O3. The van der Waals surface area contributed by atoms with Crippen molar-refractivity contribution < 1.29 is 14.7 Å². The van der Waals surface area contributed by atoms with Crippen molar-refractivity contribution >= 4 is 23.6 Å². The van der Waals surface area contributed by atoms with E-state index in [1.54, 1.807) is 17.0 Å². The Morgan fingerprint density at radius 3 is 2.60 bits per heavy atom. The summed E-state index contributed by atoms with van der Waals surface area (Å²) in [6, 6.07) is 6.89. The lowest BCUT2D eigenvalue weighted by atomic mass is 10.1. The van der Waals surface area contributed by atoms with Crippen LogP contribution in [0.3, 0.4) is 0 Å². The number of benzene rings is 1. The Kier molecular flexibility index (Phi) is 4.49. The van der Waals surface area contributed by atoms with E-state index in [0.717, 1.165) is 5.56 Å². The van der Waals surface area contributed by atoms with Gasteiger partial charge in [0.1, 0.15) is 0 Å². The first-order chi connectivity index (χ1) is 9.47. The summed E-state index contributed by atoms with van der Waals surface area (Å²) in [5.74, 6) is -1.29. The molecular weight excluding hydrogens is 280 g/mol. The van der Waals surface area contributed by atoms with E-state index >= 15 is 0 Å². The molecule has 1 aromatic carbocycles. The molecule has 1 aliphatic rings. The lowest BCUT2D eigenvalue weighted by molar-refractivity contribution is -0.141. The summed E-state index contributed by atoms with van der Waals surface area (Å²) in [4.78, 5) is 24.5. The van der Waals surface area contributed by atoms with Crippen molar-refractivity contribution in [3.8, 4) is 0 Å². The van der Waals surface area contributed by atoms with Crippen LogP contribution in [0.25, 0.3) is 0 Å². The van der Waals surface area contributed by atoms with E-state index in [4.69, 9.17) is 16.7 Å². The van der Waals surface area contributed by atoms with Gasteiger partial charge in [0.05, 0.1) is 12.0 Å². The van der Waals surface area contributed by atoms with Gasteiger partial charge in [0.15, 0.2) is 0 Å². The van der Waals surface area contributed by atoms with Crippen molar-refractivity contribution in [1.29, 1.82) is 0 Å². The van der Waals surface area contributed by atoms with E-state index in [1.165, 1.54) is 0 Å². The smallest absolute Gasteiger partial charge is 0.317 e. The van der Waals surface area contributed by atoms with Gasteiger partial charge in [-0.1, -0.05) is 23.7 Å². The number of carboxylic acids is 1. The molecule has 108 valence electrons. The van der Waals surface area contributed by atoms with Crippen LogP contribution >= 0.6 is 11.6 Å². The second kappa shape index (κ2) is 6.13. The highest BCUT2D eigenvalue weighted by Crippen LogP contribution is 2.19. The molecule has 0 aliphatic carbocycles. The van der Waals surface area contributed by atoms with Crippen LogP contribution in [0.4, 0.5) is 4.79 Å².